The van der Waals surface area contributed by atoms with Crippen LogP contribution < -0.4 is 4.90 Å². The molecule has 1 N–H and O–H groups in total. The SMILES string of the molecule is CCN(CC)c1ccc(Cc2ccccc2S(=O)(=O)O)cc1. The molecule has 22 heavy (non-hydrogen) atoms. The van der Waals surface area contributed by atoms with Crippen LogP contribution in [-0.2, 0) is 16.5 Å². The molecule has 0 saturated carbocycles. The van der Waals surface area contributed by atoms with Crippen molar-refractivity contribution < 1.29 is 13.0 Å². The Hall–Kier alpha value is -1.85. The summed E-state index contributed by atoms with van der Waals surface area (Å²) in [6.45, 7) is 6.11. The minimum Gasteiger partial charge on any atom is -0.372 e. The van der Waals surface area contributed by atoms with Gasteiger partial charge in [0.1, 0.15) is 0 Å². The van der Waals surface area contributed by atoms with E-state index in [1.54, 1.807) is 18.2 Å². The summed E-state index contributed by atoms with van der Waals surface area (Å²) in [5.74, 6) is 0. The second-order valence-corrected chi connectivity index (χ2v) is 6.49. The minimum atomic E-state index is -4.19. The van der Waals surface area contributed by atoms with E-state index in [1.807, 2.05) is 24.3 Å². The Kier molecular flexibility index (Phi) is 5.21. The van der Waals surface area contributed by atoms with Gasteiger partial charge >= 0.3 is 0 Å². The van der Waals surface area contributed by atoms with E-state index < -0.39 is 10.1 Å². The fourth-order valence-electron chi connectivity index (χ4n) is 2.53. The van der Waals surface area contributed by atoms with Gasteiger partial charge in [-0.15, -0.1) is 0 Å². The number of nitrogens with zero attached hydrogens (tertiary/aromatic N) is 1. The molecule has 0 aliphatic carbocycles. The van der Waals surface area contributed by atoms with E-state index in [0.717, 1.165) is 24.3 Å². The smallest absolute Gasteiger partial charge is 0.294 e. The molecule has 0 fully saturated rings. The van der Waals surface area contributed by atoms with Gasteiger partial charge in [0, 0.05) is 18.8 Å². The first kappa shape index (κ1) is 16.5. The number of benzene rings is 2. The van der Waals surface area contributed by atoms with Crippen LogP contribution in [0.2, 0.25) is 0 Å². The van der Waals surface area contributed by atoms with Crippen molar-refractivity contribution in [1.29, 1.82) is 0 Å². The van der Waals surface area contributed by atoms with Gasteiger partial charge in [0.15, 0.2) is 0 Å². The molecule has 2 aromatic carbocycles. The second-order valence-electron chi connectivity index (χ2n) is 5.10. The molecule has 0 amide bonds. The molecule has 0 heterocycles. The Morgan fingerprint density at radius 1 is 0.955 bits per heavy atom. The highest BCUT2D eigenvalue weighted by molar-refractivity contribution is 7.85. The van der Waals surface area contributed by atoms with Crippen LogP contribution in [0.5, 0.6) is 0 Å². The first-order valence-corrected chi connectivity index (χ1v) is 8.79. The number of anilines is 1. The van der Waals surface area contributed by atoms with Crippen molar-refractivity contribution in [2.24, 2.45) is 0 Å². The molecule has 0 saturated heterocycles. The average Bonchev–Trinajstić information content (AvgIpc) is 2.50. The first-order chi connectivity index (χ1) is 10.5. The molecule has 4 nitrogen and oxygen atoms in total. The maximum absolute atomic E-state index is 11.4. The van der Waals surface area contributed by atoms with Crippen LogP contribution in [0.4, 0.5) is 5.69 Å². The molecule has 0 spiro atoms. The fourth-order valence-corrected chi connectivity index (χ4v) is 3.26. The van der Waals surface area contributed by atoms with Gasteiger partial charge in [-0.25, -0.2) is 0 Å². The van der Waals surface area contributed by atoms with E-state index in [1.165, 1.54) is 6.07 Å². The van der Waals surface area contributed by atoms with Gasteiger partial charge in [0.25, 0.3) is 10.1 Å². The van der Waals surface area contributed by atoms with Crippen LogP contribution >= 0.6 is 0 Å². The van der Waals surface area contributed by atoms with Gasteiger partial charge in [-0.1, -0.05) is 30.3 Å². The number of hydrogen-bond donors (Lipinski definition) is 1. The van der Waals surface area contributed by atoms with E-state index in [-0.39, 0.29) is 4.90 Å². The maximum Gasteiger partial charge on any atom is 0.294 e. The summed E-state index contributed by atoms with van der Waals surface area (Å²) < 4.78 is 32.1. The van der Waals surface area contributed by atoms with E-state index in [4.69, 9.17) is 0 Å². The molecule has 118 valence electrons. The molecule has 0 aliphatic heterocycles. The number of hydrogen-bond acceptors (Lipinski definition) is 3. The second kappa shape index (κ2) is 6.94. The average molecular weight is 319 g/mol. The zero-order chi connectivity index (χ0) is 16.2. The third-order valence-electron chi connectivity index (χ3n) is 3.71. The summed E-state index contributed by atoms with van der Waals surface area (Å²) in [5.41, 5.74) is 2.75. The zero-order valence-corrected chi connectivity index (χ0v) is 13.7. The molecular formula is C17H21NO3S. The Morgan fingerprint density at radius 2 is 1.55 bits per heavy atom. The molecule has 0 radical (unpaired) electrons. The van der Waals surface area contributed by atoms with E-state index in [0.29, 0.717) is 12.0 Å². The molecule has 0 bridgehead atoms. The lowest BCUT2D eigenvalue weighted by Gasteiger charge is -2.21. The van der Waals surface area contributed by atoms with E-state index in [2.05, 4.69) is 18.7 Å². The lowest BCUT2D eigenvalue weighted by Crippen LogP contribution is -2.21. The quantitative estimate of drug-likeness (QED) is 0.829. The lowest BCUT2D eigenvalue weighted by atomic mass is 10.0. The minimum absolute atomic E-state index is 0.0252. The van der Waals surface area contributed by atoms with Crippen LogP contribution in [0.25, 0.3) is 0 Å². The summed E-state index contributed by atoms with van der Waals surface area (Å²) in [6.07, 6.45) is 0.467. The molecule has 0 unspecified atom stereocenters. The Labute approximate surface area is 132 Å². The topological polar surface area (TPSA) is 57.6 Å². The fraction of sp³-hybridized carbons (Fsp3) is 0.294. The lowest BCUT2D eigenvalue weighted by molar-refractivity contribution is 0.482. The highest BCUT2D eigenvalue weighted by Gasteiger charge is 2.14. The summed E-state index contributed by atoms with van der Waals surface area (Å²) in [5, 5.41) is 0. The van der Waals surface area contributed by atoms with Gasteiger partial charge in [-0.05, 0) is 49.6 Å². The highest BCUT2D eigenvalue weighted by atomic mass is 32.2. The first-order valence-electron chi connectivity index (χ1n) is 7.35. The summed E-state index contributed by atoms with van der Waals surface area (Å²) >= 11 is 0. The normalized spacial score (nSPS) is 11.4. The predicted molar refractivity (Wildman–Crippen MR) is 89.1 cm³/mol. The number of rotatable bonds is 6. The van der Waals surface area contributed by atoms with Crippen LogP contribution in [0, 0.1) is 0 Å². The monoisotopic (exact) mass is 319 g/mol. The molecule has 0 aliphatic rings. The maximum atomic E-state index is 11.4. The van der Waals surface area contributed by atoms with Gasteiger partial charge in [-0.2, -0.15) is 8.42 Å². The van der Waals surface area contributed by atoms with Crippen molar-refractivity contribution in [3.05, 3.63) is 59.7 Å². The van der Waals surface area contributed by atoms with Crippen LogP contribution in [0.15, 0.2) is 53.4 Å². The van der Waals surface area contributed by atoms with Crippen molar-refractivity contribution in [1.82, 2.24) is 0 Å². The molecule has 0 atom stereocenters. The van der Waals surface area contributed by atoms with Crippen LogP contribution in [-0.4, -0.2) is 26.1 Å². The third kappa shape index (κ3) is 3.87. The van der Waals surface area contributed by atoms with Crippen molar-refractivity contribution in [2.75, 3.05) is 18.0 Å². The van der Waals surface area contributed by atoms with Crippen molar-refractivity contribution in [3.63, 3.8) is 0 Å². The van der Waals surface area contributed by atoms with Gasteiger partial charge < -0.3 is 4.90 Å². The van der Waals surface area contributed by atoms with Crippen molar-refractivity contribution in [3.8, 4) is 0 Å². The third-order valence-corrected chi connectivity index (χ3v) is 4.66. The van der Waals surface area contributed by atoms with Gasteiger partial charge in [-0.3, -0.25) is 4.55 Å². The molecule has 0 aromatic heterocycles. The van der Waals surface area contributed by atoms with Crippen molar-refractivity contribution in [2.45, 2.75) is 25.2 Å². The Balaban J connectivity index is 2.26. The summed E-state index contributed by atoms with van der Waals surface area (Å²) in [6, 6.07) is 14.6. The van der Waals surface area contributed by atoms with Crippen LogP contribution in [0.3, 0.4) is 0 Å². The van der Waals surface area contributed by atoms with Crippen LogP contribution in [0.1, 0.15) is 25.0 Å². The van der Waals surface area contributed by atoms with E-state index in [9.17, 15) is 13.0 Å². The van der Waals surface area contributed by atoms with Gasteiger partial charge in [0.2, 0.25) is 0 Å². The van der Waals surface area contributed by atoms with Gasteiger partial charge in [0.05, 0.1) is 4.90 Å². The molecule has 2 aromatic rings. The summed E-state index contributed by atoms with van der Waals surface area (Å²) in [4.78, 5) is 2.22. The molecular weight excluding hydrogens is 298 g/mol. The summed E-state index contributed by atoms with van der Waals surface area (Å²) in [7, 11) is -4.19. The standard InChI is InChI=1S/C17H21NO3S/c1-3-18(4-2)16-11-9-14(10-12-16)13-15-7-5-6-8-17(15)22(19,20)21/h5-12H,3-4,13H2,1-2H3,(H,19,20,21). The molecule has 5 heteroatoms. The highest BCUT2D eigenvalue weighted by Crippen LogP contribution is 2.21. The van der Waals surface area contributed by atoms with Crippen molar-refractivity contribution >= 4 is 15.8 Å². The largest absolute Gasteiger partial charge is 0.372 e. The zero-order valence-electron chi connectivity index (χ0n) is 12.9. The van der Waals surface area contributed by atoms with E-state index >= 15 is 0 Å². The molecule has 2 rings (SSSR count). The Morgan fingerprint density at radius 3 is 2.09 bits per heavy atom. The Bertz CT molecular complexity index is 720. The predicted octanol–water partition coefficient (Wildman–Crippen LogP) is 3.37.